The highest BCUT2D eigenvalue weighted by molar-refractivity contribution is 5.73. The van der Waals surface area contributed by atoms with Crippen molar-refractivity contribution in [3.8, 4) is 0 Å². The van der Waals surface area contributed by atoms with Crippen LogP contribution in [0.4, 0.5) is 13.6 Å². The highest BCUT2D eigenvalue weighted by Gasteiger charge is 2.18. The molecule has 0 saturated carbocycles. The highest BCUT2D eigenvalue weighted by atomic mass is 19.3. The summed E-state index contributed by atoms with van der Waals surface area (Å²) in [6.07, 6.45) is -2.52. The summed E-state index contributed by atoms with van der Waals surface area (Å²) in [7, 11) is 3.02. The van der Waals surface area contributed by atoms with Crippen LogP contribution < -0.4 is 5.73 Å². The van der Waals surface area contributed by atoms with E-state index in [9.17, 15) is 13.6 Å². The van der Waals surface area contributed by atoms with Crippen LogP contribution in [0.2, 0.25) is 0 Å². The molecule has 2 N–H and O–H groups in total. The normalized spacial score (nSPS) is 10.3. The average Bonchev–Trinajstić information content (AvgIpc) is 2.01. The van der Waals surface area contributed by atoms with Gasteiger partial charge in [-0.25, -0.2) is 13.6 Å². The smallest absolute Gasteiger partial charge is 0.319 e. The van der Waals surface area contributed by atoms with Gasteiger partial charge in [0.1, 0.15) is 0 Å². The molecule has 6 heteroatoms. The van der Waals surface area contributed by atoms with Crippen molar-refractivity contribution < 1.29 is 13.6 Å². The topological polar surface area (TPSA) is 49.6 Å². The molecule has 13 heavy (non-hydrogen) atoms. The van der Waals surface area contributed by atoms with Gasteiger partial charge in [0.2, 0.25) is 0 Å². The van der Waals surface area contributed by atoms with Gasteiger partial charge in [0.25, 0.3) is 6.43 Å². The Morgan fingerprint density at radius 2 is 2.00 bits per heavy atom. The summed E-state index contributed by atoms with van der Waals surface area (Å²) in [5.74, 6) is 0. The second-order valence-electron chi connectivity index (χ2n) is 2.80. The molecule has 4 nitrogen and oxygen atoms in total. The average molecular weight is 195 g/mol. The minimum atomic E-state index is -2.52. The molecule has 0 atom stereocenters. The fraction of sp³-hybridized carbons (Fsp3) is 0.857. The Kier molecular flexibility index (Phi) is 5.29. The van der Waals surface area contributed by atoms with Gasteiger partial charge in [-0.3, -0.25) is 0 Å². The first kappa shape index (κ1) is 12.1. The van der Waals surface area contributed by atoms with E-state index in [1.165, 1.54) is 19.0 Å². The number of carbonyl (C=O) groups is 1. The standard InChI is InChI=1S/C7H15F2N3O/c1-11(2)7(13)12(4-3-10)5-6(8)9/h6H,3-5,10H2,1-2H3. The zero-order chi connectivity index (χ0) is 10.4. The van der Waals surface area contributed by atoms with Crippen molar-refractivity contribution in [3.05, 3.63) is 0 Å². The van der Waals surface area contributed by atoms with Gasteiger partial charge in [0, 0.05) is 27.2 Å². The van der Waals surface area contributed by atoms with Crippen molar-refractivity contribution in [2.45, 2.75) is 6.43 Å². The Hall–Kier alpha value is -0.910. The van der Waals surface area contributed by atoms with Gasteiger partial charge in [-0.15, -0.1) is 0 Å². The lowest BCUT2D eigenvalue weighted by atomic mass is 10.5. The van der Waals surface area contributed by atoms with E-state index in [0.717, 1.165) is 4.90 Å². The van der Waals surface area contributed by atoms with Gasteiger partial charge in [0.05, 0.1) is 6.54 Å². The monoisotopic (exact) mass is 195 g/mol. The summed E-state index contributed by atoms with van der Waals surface area (Å²) in [6.45, 7) is -0.220. The van der Waals surface area contributed by atoms with Crippen molar-refractivity contribution in [2.24, 2.45) is 5.73 Å². The molecule has 0 saturated heterocycles. The van der Waals surface area contributed by atoms with Crippen LogP contribution in [0.25, 0.3) is 0 Å². The molecule has 0 aromatic heterocycles. The third kappa shape index (κ3) is 4.62. The molecule has 0 heterocycles. The molecule has 0 unspecified atom stereocenters. The first-order valence-corrected chi connectivity index (χ1v) is 3.93. The molecule has 2 amide bonds. The largest absolute Gasteiger partial charge is 0.331 e. The van der Waals surface area contributed by atoms with Crippen LogP contribution in [0.5, 0.6) is 0 Å². The number of urea groups is 1. The molecule has 0 rings (SSSR count). The van der Waals surface area contributed by atoms with Gasteiger partial charge < -0.3 is 15.5 Å². The van der Waals surface area contributed by atoms with E-state index in [1.807, 2.05) is 0 Å². The minimum absolute atomic E-state index is 0.154. The second-order valence-corrected chi connectivity index (χ2v) is 2.80. The molecular formula is C7H15F2N3O. The Labute approximate surface area is 76.3 Å². The molecule has 0 aromatic carbocycles. The summed E-state index contributed by atoms with van der Waals surface area (Å²) in [6, 6.07) is -0.439. The van der Waals surface area contributed by atoms with Crippen molar-refractivity contribution in [2.75, 3.05) is 33.7 Å². The maximum atomic E-state index is 12.0. The first-order chi connectivity index (χ1) is 5.99. The van der Waals surface area contributed by atoms with E-state index in [0.29, 0.717) is 0 Å². The molecule has 0 aliphatic rings. The number of rotatable bonds is 4. The fourth-order valence-electron chi connectivity index (χ4n) is 0.870. The third-order valence-corrected chi connectivity index (χ3v) is 1.41. The van der Waals surface area contributed by atoms with Crippen molar-refractivity contribution in [3.63, 3.8) is 0 Å². The molecular weight excluding hydrogens is 180 g/mol. The summed E-state index contributed by atoms with van der Waals surface area (Å²) < 4.78 is 24.0. The van der Waals surface area contributed by atoms with Gasteiger partial charge in [-0.2, -0.15) is 0 Å². The van der Waals surface area contributed by atoms with E-state index in [-0.39, 0.29) is 13.1 Å². The van der Waals surface area contributed by atoms with Crippen LogP contribution in [0.1, 0.15) is 0 Å². The minimum Gasteiger partial charge on any atom is -0.331 e. The number of hydrogen-bond donors (Lipinski definition) is 1. The highest BCUT2D eigenvalue weighted by Crippen LogP contribution is 2.00. The van der Waals surface area contributed by atoms with E-state index < -0.39 is 19.0 Å². The summed E-state index contributed by atoms with van der Waals surface area (Å²) in [4.78, 5) is 13.5. The Bertz CT molecular complexity index is 164. The Balaban J connectivity index is 4.15. The maximum Gasteiger partial charge on any atom is 0.319 e. The van der Waals surface area contributed by atoms with Gasteiger partial charge in [-0.1, -0.05) is 0 Å². The van der Waals surface area contributed by atoms with Crippen LogP contribution in [0.3, 0.4) is 0 Å². The molecule has 78 valence electrons. The lowest BCUT2D eigenvalue weighted by molar-refractivity contribution is 0.0915. The molecule has 0 aliphatic carbocycles. The van der Waals surface area contributed by atoms with E-state index >= 15 is 0 Å². The predicted molar refractivity (Wildman–Crippen MR) is 45.7 cm³/mol. The number of nitrogens with zero attached hydrogens (tertiary/aromatic N) is 2. The van der Waals surface area contributed by atoms with Gasteiger partial charge in [0.15, 0.2) is 0 Å². The number of hydrogen-bond acceptors (Lipinski definition) is 2. The molecule has 0 aromatic rings. The van der Waals surface area contributed by atoms with Crippen LogP contribution in [-0.4, -0.2) is 56.0 Å². The SMILES string of the molecule is CN(C)C(=O)N(CCN)CC(F)F. The Morgan fingerprint density at radius 1 is 1.46 bits per heavy atom. The number of carbonyl (C=O) groups excluding carboxylic acids is 1. The zero-order valence-electron chi connectivity index (χ0n) is 7.83. The summed E-state index contributed by atoms with van der Waals surface area (Å²) >= 11 is 0. The van der Waals surface area contributed by atoms with Crippen molar-refractivity contribution in [1.82, 2.24) is 9.80 Å². The summed E-state index contributed by atoms with van der Waals surface area (Å²) in [5, 5.41) is 0. The van der Waals surface area contributed by atoms with E-state index in [2.05, 4.69) is 0 Å². The number of nitrogens with two attached hydrogens (primary N) is 1. The zero-order valence-corrected chi connectivity index (χ0v) is 7.83. The van der Waals surface area contributed by atoms with E-state index in [4.69, 9.17) is 5.73 Å². The molecule has 0 fully saturated rings. The molecule has 0 aliphatic heterocycles. The lowest BCUT2D eigenvalue weighted by Crippen LogP contribution is -2.44. The van der Waals surface area contributed by atoms with Crippen LogP contribution >= 0.6 is 0 Å². The third-order valence-electron chi connectivity index (χ3n) is 1.41. The fourth-order valence-corrected chi connectivity index (χ4v) is 0.870. The quantitative estimate of drug-likeness (QED) is 0.696. The first-order valence-electron chi connectivity index (χ1n) is 3.93. The van der Waals surface area contributed by atoms with Gasteiger partial charge in [-0.05, 0) is 0 Å². The molecule has 0 spiro atoms. The maximum absolute atomic E-state index is 12.0. The second kappa shape index (κ2) is 5.69. The lowest BCUT2D eigenvalue weighted by Gasteiger charge is -2.25. The number of alkyl halides is 2. The number of halogens is 2. The Morgan fingerprint density at radius 3 is 2.31 bits per heavy atom. The van der Waals surface area contributed by atoms with E-state index in [1.54, 1.807) is 0 Å². The van der Waals surface area contributed by atoms with Crippen LogP contribution in [0, 0.1) is 0 Å². The predicted octanol–water partition coefficient (Wildman–Crippen LogP) is 0.194. The van der Waals surface area contributed by atoms with Crippen LogP contribution in [-0.2, 0) is 0 Å². The van der Waals surface area contributed by atoms with Crippen molar-refractivity contribution >= 4 is 6.03 Å². The van der Waals surface area contributed by atoms with Gasteiger partial charge >= 0.3 is 6.03 Å². The van der Waals surface area contributed by atoms with Crippen LogP contribution in [0.15, 0.2) is 0 Å². The summed E-state index contributed by atoms with van der Waals surface area (Å²) in [5.41, 5.74) is 5.19. The number of amides is 2. The molecule has 0 bridgehead atoms. The molecule has 0 radical (unpaired) electrons. The van der Waals surface area contributed by atoms with Crippen molar-refractivity contribution in [1.29, 1.82) is 0 Å².